The van der Waals surface area contributed by atoms with Crippen molar-refractivity contribution in [3.63, 3.8) is 0 Å². The Balaban J connectivity index is 2.72. The van der Waals surface area contributed by atoms with Crippen molar-refractivity contribution in [1.29, 1.82) is 0 Å². The average Bonchev–Trinajstić information content (AvgIpc) is 2.34. The molecule has 100 valence electrons. The predicted molar refractivity (Wildman–Crippen MR) is 81.9 cm³/mol. The number of rotatable bonds is 6. The summed E-state index contributed by atoms with van der Waals surface area (Å²) in [4.78, 5) is 0. The molecular formula is C17H27N. The van der Waals surface area contributed by atoms with E-state index in [1.54, 1.807) is 0 Å². The molecule has 0 spiro atoms. The van der Waals surface area contributed by atoms with Crippen molar-refractivity contribution in [2.24, 2.45) is 0 Å². The summed E-state index contributed by atoms with van der Waals surface area (Å²) in [6.45, 7) is 12.0. The van der Waals surface area contributed by atoms with Crippen molar-refractivity contribution in [3.05, 3.63) is 41.0 Å². The lowest BCUT2D eigenvalue weighted by atomic mass is 10.0. The maximum absolute atomic E-state index is 3.48. The fraction of sp³-hybridized carbons (Fsp3) is 0.529. The van der Waals surface area contributed by atoms with Gasteiger partial charge in [0.2, 0.25) is 0 Å². The predicted octanol–water partition coefficient (Wildman–Crippen LogP) is 4.60. The zero-order valence-electron chi connectivity index (χ0n) is 12.5. The normalized spacial score (nSPS) is 12.5. The van der Waals surface area contributed by atoms with Crippen LogP contribution in [0.15, 0.2) is 29.8 Å². The molecule has 1 aromatic carbocycles. The Labute approximate surface area is 112 Å². The van der Waals surface area contributed by atoms with Crippen molar-refractivity contribution in [2.45, 2.75) is 53.0 Å². The summed E-state index contributed by atoms with van der Waals surface area (Å²) >= 11 is 0. The van der Waals surface area contributed by atoms with Crippen LogP contribution in [0, 0.1) is 0 Å². The number of hydrogen-bond acceptors (Lipinski definition) is 1. The van der Waals surface area contributed by atoms with E-state index in [9.17, 15) is 0 Å². The van der Waals surface area contributed by atoms with Gasteiger partial charge in [0, 0.05) is 12.6 Å². The van der Waals surface area contributed by atoms with Gasteiger partial charge in [0.05, 0.1) is 0 Å². The first-order chi connectivity index (χ1) is 8.52. The van der Waals surface area contributed by atoms with Crippen LogP contribution >= 0.6 is 0 Å². The summed E-state index contributed by atoms with van der Waals surface area (Å²) in [5.74, 6) is 0.608. The Morgan fingerprint density at radius 3 is 2.17 bits per heavy atom. The van der Waals surface area contributed by atoms with Gasteiger partial charge in [-0.25, -0.2) is 0 Å². The molecule has 1 N–H and O–H groups in total. The molecule has 0 radical (unpaired) electrons. The van der Waals surface area contributed by atoms with E-state index in [2.05, 4.69) is 70.3 Å². The first-order valence-electron chi connectivity index (χ1n) is 7.05. The molecule has 0 amide bonds. The summed E-state index contributed by atoms with van der Waals surface area (Å²) in [5.41, 5.74) is 4.17. The highest BCUT2D eigenvalue weighted by molar-refractivity contribution is 5.53. The van der Waals surface area contributed by atoms with E-state index in [-0.39, 0.29) is 0 Å². The van der Waals surface area contributed by atoms with Crippen molar-refractivity contribution in [3.8, 4) is 0 Å². The van der Waals surface area contributed by atoms with Crippen molar-refractivity contribution in [1.82, 2.24) is 5.32 Å². The number of benzene rings is 1. The molecule has 0 atom stereocenters. The van der Waals surface area contributed by atoms with E-state index in [1.165, 1.54) is 16.7 Å². The van der Waals surface area contributed by atoms with Gasteiger partial charge in [0.1, 0.15) is 0 Å². The number of nitrogens with one attached hydrogen (secondary N) is 1. The van der Waals surface area contributed by atoms with E-state index >= 15 is 0 Å². The molecule has 0 aliphatic carbocycles. The average molecular weight is 245 g/mol. The standard InChI is InChI=1S/C17H27N/c1-6-15(12-18-14(4)5)11-16-7-9-17(10-8-16)13(2)3/h7-11,13-14,18H,6,12H2,1-5H3. The highest BCUT2D eigenvalue weighted by atomic mass is 14.9. The van der Waals surface area contributed by atoms with E-state index < -0.39 is 0 Å². The molecule has 0 saturated carbocycles. The molecule has 0 bridgehead atoms. The first kappa shape index (κ1) is 15.0. The molecule has 18 heavy (non-hydrogen) atoms. The molecule has 0 aliphatic heterocycles. The maximum Gasteiger partial charge on any atom is 0.0170 e. The minimum atomic E-state index is 0.545. The van der Waals surface area contributed by atoms with Gasteiger partial charge in [0.25, 0.3) is 0 Å². The van der Waals surface area contributed by atoms with E-state index in [0.717, 1.165) is 13.0 Å². The summed E-state index contributed by atoms with van der Waals surface area (Å²) in [5, 5.41) is 3.48. The van der Waals surface area contributed by atoms with Crippen LogP contribution in [0.4, 0.5) is 0 Å². The quantitative estimate of drug-likeness (QED) is 0.772. The van der Waals surface area contributed by atoms with Crippen LogP contribution < -0.4 is 5.32 Å². The fourth-order valence-electron chi connectivity index (χ4n) is 1.83. The van der Waals surface area contributed by atoms with Crippen molar-refractivity contribution < 1.29 is 0 Å². The molecule has 0 fully saturated rings. The molecule has 1 heteroatoms. The highest BCUT2D eigenvalue weighted by Gasteiger charge is 2.00. The lowest BCUT2D eigenvalue weighted by molar-refractivity contribution is 0.617. The van der Waals surface area contributed by atoms with E-state index in [4.69, 9.17) is 0 Å². The molecule has 0 heterocycles. The monoisotopic (exact) mass is 245 g/mol. The third-order valence-corrected chi connectivity index (χ3v) is 3.17. The SMILES string of the molecule is CCC(=Cc1ccc(C(C)C)cc1)CNC(C)C. The van der Waals surface area contributed by atoms with Crippen molar-refractivity contribution >= 4 is 6.08 Å². The van der Waals surface area contributed by atoms with Crippen LogP contribution in [0.25, 0.3) is 6.08 Å². The van der Waals surface area contributed by atoms with Gasteiger partial charge in [-0.1, -0.05) is 70.5 Å². The zero-order chi connectivity index (χ0) is 13.5. The third kappa shape index (κ3) is 5.05. The van der Waals surface area contributed by atoms with Crippen molar-refractivity contribution in [2.75, 3.05) is 6.54 Å². The zero-order valence-corrected chi connectivity index (χ0v) is 12.5. The first-order valence-corrected chi connectivity index (χ1v) is 7.05. The summed E-state index contributed by atoms with van der Waals surface area (Å²) in [6, 6.07) is 9.46. The minimum Gasteiger partial charge on any atom is -0.311 e. The van der Waals surface area contributed by atoms with Gasteiger partial charge in [-0.05, 0) is 23.5 Å². The molecule has 1 nitrogen and oxygen atoms in total. The largest absolute Gasteiger partial charge is 0.311 e. The van der Waals surface area contributed by atoms with E-state index in [0.29, 0.717) is 12.0 Å². The molecule has 0 saturated heterocycles. The lowest BCUT2D eigenvalue weighted by Crippen LogP contribution is -2.24. The molecule has 1 rings (SSSR count). The van der Waals surface area contributed by atoms with Gasteiger partial charge >= 0.3 is 0 Å². The van der Waals surface area contributed by atoms with Crippen LogP contribution in [0.3, 0.4) is 0 Å². The fourth-order valence-corrected chi connectivity index (χ4v) is 1.83. The second kappa shape index (κ2) is 7.38. The number of hydrogen-bond donors (Lipinski definition) is 1. The van der Waals surface area contributed by atoms with Crippen LogP contribution in [0.2, 0.25) is 0 Å². The molecule has 0 unspecified atom stereocenters. The molecule has 0 aliphatic rings. The molecular weight excluding hydrogens is 218 g/mol. The maximum atomic E-state index is 3.48. The van der Waals surface area contributed by atoms with Crippen LogP contribution in [-0.4, -0.2) is 12.6 Å². The van der Waals surface area contributed by atoms with E-state index in [1.807, 2.05) is 0 Å². The van der Waals surface area contributed by atoms with Crippen LogP contribution in [0.5, 0.6) is 0 Å². The van der Waals surface area contributed by atoms with Gasteiger partial charge in [-0.2, -0.15) is 0 Å². The Morgan fingerprint density at radius 2 is 1.72 bits per heavy atom. The van der Waals surface area contributed by atoms with Gasteiger partial charge in [-0.15, -0.1) is 0 Å². The summed E-state index contributed by atoms with van der Waals surface area (Å²) < 4.78 is 0. The Hall–Kier alpha value is -1.08. The Bertz CT molecular complexity index is 371. The van der Waals surface area contributed by atoms with Crippen LogP contribution in [-0.2, 0) is 0 Å². The highest BCUT2D eigenvalue weighted by Crippen LogP contribution is 2.16. The minimum absolute atomic E-state index is 0.545. The second-order valence-corrected chi connectivity index (χ2v) is 5.51. The lowest BCUT2D eigenvalue weighted by Gasteiger charge is -2.11. The van der Waals surface area contributed by atoms with Crippen LogP contribution in [0.1, 0.15) is 58.1 Å². The summed E-state index contributed by atoms with van der Waals surface area (Å²) in [7, 11) is 0. The van der Waals surface area contributed by atoms with Gasteiger partial charge < -0.3 is 5.32 Å². The Morgan fingerprint density at radius 1 is 1.11 bits per heavy atom. The molecule has 0 aromatic heterocycles. The smallest absolute Gasteiger partial charge is 0.0170 e. The Kier molecular flexibility index (Phi) is 6.14. The topological polar surface area (TPSA) is 12.0 Å². The second-order valence-electron chi connectivity index (χ2n) is 5.51. The van der Waals surface area contributed by atoms with Gasteiger partial charge in [-0.3, -0.25) is 0 Å². The third-order valence-electron chi connectivity index (χ3n) is 3.17. The molecule has 1 aromatic rings. The van der Waals surface area contributed by atoms with Gasteiger partial charge in [0.15, 0.2) is 0 Å². The summed E-state index contributed by atoms with van der Waals surface area (Å²) in [6.07, 6.45) is 3.41.